The van der Waals surface area contributed by atoms with Crippen molar-refractivity contribution in [3.63, 3.8) is 0 Å². The van der Waals surface area contributed by atoms with Crippen LogP contribution in [0.1, 0.15) is 55.5 Å². The van der Waals surface area contributed by atoms with Crippen molar-refractivity contribution < 1.29 is 14.3 Å². The fourth-order valence-electron chi connectivity index (χ4n) is 3.53. The molecule has 0 saturated heterocycles. The summed E-state index contributed by atoms with van der Waals surface area (Å²) in [6.07, 6.45) is 7.27. The monoisotopic (exact) mass is 442 g/mol. The Morgan fingerprint density at radius 3 is 2.09 bits per heavy atom. The van der Waals surface area contributed by atoms with E-state index in [0.717, 1.165) is 42.6 Å². The predicted molar refractivity (Wildman–Crippen MR) is 136 cm³/mol. The van der Waals surface area contributed by atoms with Gasteiger partial charge in [-0.3, -0.25) is 0 Å². The number of hydrogen-bond donors (Lipinski definition) is 0. The van der Waals surface area contributed by atoms with Crippen molar-refractivity contribution >= 4 is 5.97 Å². The average molecular weight is 443 g/mol. The molecule has 3 rings (SSSR count). The minimum Gasteiger partial charge on any atom is -0.494 e. The third-order valence-corrected chi connectivity index (χ3v) is 5.79. The minimum absolute atomic E-state index is 0.372. The molecule has 0 N–H and O–H groups in total. The van der Waals surface area contributed by atoms with Crippen LogP contribution in [-0.2, 0) is 6.42 Å². The van der Waals surface area contributed by atoms with Crippen molar-refractivity contribution in [3.8, 4) is 22.6 Å². The first-order chi connectivity index (χ1) is 16.1. The van der Waals surface area contributed by atoms with Crippen LogP contribution in [0.25, 0.3) is 11.1 Å². The van der Waals surface area contributed by atoms with E-state index >= 15 is 0 Å². The lowest BCUT2D eigenvalue weighted by molar-refractivity contribution is 0.0734. The molecule has 0 heterocycles. The summed E-state index contributed by atoms with van der Waals surface area (Å²) < 4.78 is 11.2. The van der Waals surface area contributed by atoms with Crippen LogP contribution in [0, 0.1) is 5.92 Å². The van der Waals surface area contributed by atoms with Gasteiger partial charge in [-0.1, -0.05) is 62.7 Å². The molecule has 0 amide bonds. The van der Waals surface area contributed by atoms with Gasteiger partial charge in [0.25, 0.3) is 0 Å². The standard InChI is InChI=1S/C30H34O3/c1-4-6-7-8-21-32-28-17-19-29(20-18-28)33-30(31)27-15-13-26(14-16-27)25-11-9-24(10-12-25)22-23(3)5-2/h4,9-20,23H,1,5-8,21-22H2,2-3H3/t23-/m0/s1. The zero-order valence-electron chi connectivity index (χ0n) is 19.8. The normalized spacial score (nSPS) is 11.6. The lowest BCUT2D eigenvalue weighted by Gasteiger charge is -2.10. The van der Waals surface area contributed by atoms with Gasteiger partial charge in [0, 0.05) is 0 Å². The lowest BCUT2D eigenvalue weighted by atomic mass is 9.96. The Balaban J connectivity index is 1.53. The maximum absolute atomic E-state index is 12.5. The first-order valence-corrected chi connectivity index (χ1v) is 11.8. The fourth-order valence-corrected chi connectivity index (χ4v) is 3.53. The SMILES string of the molecule is C=CCCCCOc1ccc(OC(=O)c2ccc(-c3ccc(C[C@@H](C)CC)cc3)cc2)cc1. The van der Waals surface area contributed by atoms with E-state index in [1.54, 1.807) is 12.1 Å². The van der Waals surface area contributed by atoms with E-state index in [1.807, 2.05) is 42.5 Å². The van der Waals surface area contributed by atoms with Gasteiger partial charge in [-0.05, 0) is 84.7 Å². The van der Waals surface area contributed by atoms with Crippen molar-refractivity contribution in [3.05, 3.63) is 96.6 Å². The fraction of sp³-hybridized carbons (Fsp3) is 0.300. The largest absolute Gasteiger partial charge is 0.494 e. The highest BCUT2D eigenvalue weighted by Crippen LogP contribution is 2.23. The number of unbranched alkanes of at least 4 members (excludes halogenated alkanes) is 2. The summed E-state index contributed by atoms with van der Waals surface area (Å²) in [6.45, 7) is 8.89. The quantitative estimate of drug-likeness (QED) is 0.124. The number of benzene rings is 3. The molecule has 0 aliphatic heterocycles. The Labute approximate surface area is 198 Å². The summed E-state index contributed by atoms with van der Waals surface area (Å²) in [7, 11) is 0. The van der Waals surface area contributed by atoms with E-state index in [1.165, 1.54) is 12.0 Å². The molecule has 3 nitrogen and oxygen atoms in total. The zero-order chi connectivity index (χ0) is 23.5. The molecule has 0 aliphatic rings. The molecule has 3 aromatic carbocycles. The molecular formula is C30H34O3. The smallest absolute Gasteiger partial charge is 0.343 e. The molecular weight excluding hydrogens is 408 g/mol. The van der Waals surface area contributed by atoms with Crippen molar-refractivity contribution in [1.29, 1.82) is 0 Å². The average Bonchev–Trinajstić information content (AvgIpc) is 2.85. The Morgan fingerprint density at radius 1 is 0.879 bits per heavy atom. The van der Waals surface area contributed by atoms with Crippen molar-refractivity contribution in [2.45, 2.75) is 46.0 Å². The molecule has 0 aromatic heterocycles. The molecule has 0 unspecified atom stereocenters. The molecule has 33 heavy (non-hydrogen) atoms. The summed E-state index contributed by atoms with van der Waals surface area (Å²) in [5.74, 6) is 1.59. The predicted octanol–water partition coefficient (Wildman–Crippen LogP) is 7.90. The highest BCUT2D eigenvalue weighted by Gasteiger charge is 2.10. The van der Waals surface area contributed by atoms with Crippen LogP contribution >= 0.6 is 0 Å². The highest BCUT2D eigenvalue weighted by molar-refractivity contribution is 5.91. The van der Waals surface area contributed by atoms with Gasteiger partial charge in [0.15, 0.2) is 0 Å². The number of carbonyl (C=O) groups excluding carboxylic acids is 1. The van der Waals surface area contributed by atoms with E-state index in [0.29, 0.717) is 23.8 Å². The summed E-state index contributed by atoms with van der Waals surface area (Å²) in [6, 6.07) is 23.4. The Morgan fingerprint density at radius 2 is 1.48 bits per heavy atom. The van der Waals surface area contributed by atoms with E-state index in [4.69, 9.17) is 9.47 Å². The van der Waals surface area contributed by atoms with Crippen LogP contribution in [0.15, 0.2) is 85.5 Å². The third-order valence-electron chi connectivity index (χ3n) is 5.79. The molecule has 0 radical (unpaired) electrons. The van der Waals surface area contributed by atoms with E-state index < -0.39 is 0 Å². The van der Waals surface area contributed by atoms with Gasteiger partial charge in [-0.15, -0.1) is 6.58 Å². The zero-order valence-corrected chi connectivity index (χ0v) is 19.8. The number of hydrogen-bond acceptors (Lipinski definition) is 3. The van der Waals surface area contributed by atoms with Crippen LogP contribution in [-0.4, -0.2) is 12.6 Å². The van der Waals surface area contributed by atoms with E-state index in [2.05, 4.69) is 44.7 Å². The summed E-state index contributed by atoms with van der Waals surface area (Å²) in [5.41, 5.74) is 4.10. The van der Waals surface area contributed by atoms with Gasteiger partial charge in [0.2, 0.25) is 0 Å². The van der Waals surface area contributed by atoms with Gasteiger partial charge in [0.1, 0.15) is 11.5 Å². The van der Waals surface area contributed by atoms with Crippen molar-refractivity contribution in [1.82, 2.24) is 0 Å². The second-order valence-electron chi connectivity index (χ2n) is 8.49. The number of ether oxygens (including phenoxy) is 2. The van der Waals surface area contributed by atoms with Gasteiger partial charge < -0.3 is 9.47 Å². The number of allylic oxidation sites excluding steroid dienone is 1. The van der Waals surface area contributed by atoms with Crippen molar-refractivity contribution in [2.75, 3.05) is 6.61 Å². The Bertz CT molecular complexity index is 1000. The van der Waals surface area contributed by atoms with Crippen LogP contribution in [0.2, 0.25) is 0 Å². The molecule has 0 spiro atoms. The van der Waals surface area contributed by atoms with Gasteiger partial charge in [-0.2, -0.15) is 0 Å². The first-order valence-electron chi connectivity index (χ1n) is 11.8. The number of rotatable bonds is 12. The van der Waals surface area contributed by atoms with Crippen LogP contribution in [0.4, 0.5) is 0 Å². The van der Waals surface area contributed by atoms with Crippen LogP contribution < -0.4 is 9.47 Å². The van der Waals surface area contributed by atoms with Gasteiger partial charge in [-0.25, -0.2) is 4.79 Å². The second-order valence-corrected chi connectivity index (χ2v) is 8.49. The van der Waals surface area contributed by atoms with Gasteiger partial charge >= 0.3 is 5.97 Å². The van der Waals surface area contributed by atoms with Crippen LogP contribution in [0.5, 0.6) is 11.5 Å². The van der Waals surface area contributed by atoms with E-state index in [-0.39, 0.29) is 5.97 Å². The second kappa shape index (κ2) is 12.6. The molecule has 1 atom stereocenters. The number of carbonyl (C=O) groups is 1. The Hall–Kier alpha value is -3.33. The van der Waals surface area contributed by atoms with Crippen molar-refractivity contribution in [2.24, 2.45) is 5.92 Å². The topological polar surface area (TPSA) is 35.5 Å². The number of esters is 1. The molecule has 0 bridgehead atoms. The third kappa shape index (κ3) is 7.64. The minimum atomic E-state index is -0.372. The van der Waals surface area contributed by atoms with Gasteiger partial charge in [0.05, 0.1) is 12.2 Å². The molecule has 0 fully saturated rings. The maximum atomic E-state index is 12.5. The molecule has 172 valence electrons. The first kappa shape index (κ1) is 24.3. The lowest BCUT2D eigenvalue weighted by Crippen LogP contribution is -2.08. The van der Waals surface area contributed by atoms with E-state index in [9.17, 15) is 4.79 Å². The van der Waals surface area contributed by atoms with Crippen LogP contribution in [0.3, 0.4) is 0 Å². The Kier molecular flexibility index (Phi) is 9.31. The summed E-state index contributed by atoms with van der Waals surface area (Å²) >= 11 is 0. The highest BCUT2D eigenvalue weighted by atomic mass is 16.5. The summed E-state index contributed by atoms with van der Waals surface area (Å²) in [4.78, 5) is 12.5. The molecule has 0 saturated carbocycles. The summed E-state index contributed by atoms with van der Waals surface area (Å²) in [5, 5.41) is 0. The molecule has 3 heteroatoms. The molecule has 3 aromatic rings. The maximum Gasteiger partial charge on any atom is 0.343 e. The molecule has 0 aliphatic carbocycles.